The maximum atomic E-state index is 12.5. The Labute approximate surface area is 150 Å². The van der Waals surface area contributed by atoms with Gasteiger partial charge in [0, 0.05) is 12.1 Å². The number of carbonyl (C=O) groups is 1. The summed E-state index contributed by atoms with van der Waals surface area (Å²) in [6.45, 7) is 8.95. The number of para-hydroxylation sites is 1. The molecule has 0 aliphatic heterocycles. The SMILES string of the molecule is CCOc1ccccc1CNC(=O)C(CC)Oc1cccc(C)c1C. The fraction of sp³-hybridized carbons (Fsp3) is 0.381. The molecule has 134 valence electrons. The summed E-state index contributed by atoms with van der Waals surface area (Å²) in [5.41, 5.74) is 3.17. The van der Waals surface area contributed by atoms with Gasteiger partial charge >= 0.3 is 0 Å². The van der Waals surface area contributed by atoms with E-state index >= 15 is 0 Å². The predicted molar refractivity (Wildman–Crippen MR) is 100 cm³/mol. The Balaban J connectivity index is 2.02. The van der Waals surface area contributed by atoms with E-state index in [9.17, 15) is 4.79 Å². The number of nitrogens with one attached hydrogen (secondary N) is 1. The van der Waals surface area contributed by atoms with Gasteiger partial charge in [-0.2, -0.15) is 0 Å². The van der Waals surface area contributed by atoms with Crippen LogP contribution in [0.3, 0.4) is 0 Å². The van der Waals surface area contributed by atoms with Crippen LogP contribution in [0.4, 0.5) is 0 Å². The van der Waals surface area contributed by atoms with Crippen LogP contribution in [0, 0.1) is 13.8 Å². The highest BCUT2D eigenvalue weighted by molar-refractivity contribution is 5.81. The minimum Gasteiger partial charge on any atom is -0.494 e. The number of benzene rings is 2. The summed E-state index contributed by atoms with van der Waals surface area (Å²) in [7, 11) is 0. The molecule has 0 spiro atoms. The van der Waals surface area contributed by atoms with Gasteiger partial charge in [-0.1, -0.05) is 37.3 Å². The predicted octanol–water partition coefficient (Wildman–Crippen LogP) is 4.18. The molecule has 0 fully saturated rings. The first-order chi connectivity index (χ1) is 12.1. The molecule has 2 aromatic carbocycles. The Morgan fingerprint density at radius 2 is 1.76 bits per heavy atom. The number of amides is 1. The van der Waals surface area contributed by atoms with Gasteiger partial charge in [0.2, 0.25) is 0 Å². The van der Waals surface area contributed by atoms with Gasteiger partial charge in [0.1, 0.15) is 11.5 Å². The normalized spacial score (nSPS) is 11.7. The lowest BCUT2D eigenvalue weighted by molar-refractivity contribution is -0.128. The summed E-state index contributed by atoms with van der Waals surface area (Å²) in [6, 6.07) is 13.6. The monoisotopic (exact) mass is 341 g/mol. The first kappa shape index (κ1) is 18.8. The number of aryl methyl sites for hydroxylation is 1. The fourth-order valence-electron chi connectivity index (χ4n) is 2.57. The second-order valence-corrected chi connectivity index (χ2v) is 5.97. The summed E-state index contributed by atoms with van der Waals surface area (Å²) in [5.74, 6) is 1.44. The number of carbonyl (C=O) groups excluding carboxylic acids is 1. The van der Waals surface area contributed by atoms with Crippen molar-refractivity contribution in [2.45, 2.75) is 46.8 Å². The third kappa shape index (κ3) is 4.99. The van der Waals surface area contributed by atoms with E-state index in [0.717, 1.165) is 28.2 Å². The van der Waals surface area contributed by atoms with Crippen LogP contribution >= 0.6 is 0 Å². The number of rotatable bonds is 8. The molecule has 0 saturated heterocycles. The zero-order valence-corrected chi connectivity index (χ0v) is 15.5. The molecule has 2 aromatic rings. The summed E-state index contributed by atoms with van der Waals surface area (Å²) in [6.07, 6.45) is 0.0894. The molecule has 1 amide bonds. The number of hydrogen-bond acceptors (Lipinski definition) is 3. The second kappa shape index (κ2) is 9.11. The summed E-state index contributed by atoms with van der Waals surface area (Å²) in [4.78, 5) is 12.5. The second-order valence-electron chi connectivity index (χ2n) is 5.97. The van der Waals surface area contributed by atoms with Gasteiger partial charge in [-0.15, -0.1) is 0 Å². The van der Waals surface area contributed by atoms with Crippen molar-refractivity contribution in [2.24, 2.45) is 0 Å². The Bertz CT molecular complexity index is 712. The van der Waals surface area contributed by atoms with Crippen LogP contribution in [0.1, 0.15) is 37.0 Å². The molecule has 0 heterocycles. The van der Waals surface area contributed by atoms with E-state index in [4.69, 9.17) is 9.47 Å². The molecule has 1 atom stereocenters. The third-order valence-corrected chi connectivity index (χ3v) is 4.21. The minimum absolute atomic E-state index is 0.116. The molecule has 0 saturated carbocycles. The maximum absolute atomic E-state index is 12.5. The highest BCUT2D eigenvalue weighted by Crippen LogP contribution is 2.23. The first-order valence-electron chi connectivity index (χ1n) is 8.78. The van der Waals surface area contributed by atoms with Crippen LogP contribution in [0.5, 0.6) is 11.5 Å². The van der Waals surface area contributed by atoms with Crippen LogP contribution in [-0.4, -0.2) is 18.6 Å². The molecule has 0 bridgehead atoms. The molecule has 0 aromatic heterocycles. The number of hydrogen-bond donors (Lipinski definition) is 1. The van der Waals surface area contributed by atoms with Gasteiger partial charge < -0.3 is 14.8 Å². The molecular formula is C21H27NO3. The van der Waals surface area contributed by atoms with E-state index < -0.39 is 6.10 Å². The quantitative estimate of drug-likeness (QED) is 0.784. The summed E-state index contributed by atoms with van der Waals surface area (Å²) >= 11 is 0. The van der Waals surface area contributed by atoms with E-state index in [1.807, 2.05) is 70.2 Å². The lowest BCUT2D eigenvalue weighted by atomic mass is 10.1. The van der Waals surface area contributed by atoms with Crippen LogP contribution in [0.15, 0.2) is 42.5 Å². The summed E-state index contributed by atoms with van der Waals surface area (Å²) in [5, 5.41) is 2.96. The largest absolute Gasteiger partial charge is 0.494 e. The van der Waals surface area contributed by atoms with Gasteiger partial charge in [0.05, 0.1) is 6.61 Å². The first-order valence-corrected chi connectivity index (χ1v) is 8.78. The van der Waals surface area contributed by atoms with Crippen molar-refractivity contribution in [3.8, 4) is 11.5 Å². The van der Waals surface area contributed by atoms with E-state index in [2.05, 4.69) is 5.32 Å². The highest BCUT2D eigenvalue weighted by atomic mass is 16.5. The van der Waals surface area contributed by atoms with Crippen molar-refractivity contribution in [3.05, 3.63) is 59.2 Å². The summed E-state index contributed by atoms with van der Waals surface area (Å²) < 4.78 is 11.6. The zero-order chi connectivity index (χ0) is 18.2. The minimum atomic E-state index is -0.514. The fourth-order valence-corrected chi connectivity index (χ4v) is 2.57. The molecular weight excluding hydrogens is 314 g/mol. The van der Waals surface area contributed by atoms with Crippen molar-refractivity contribution >= 4 is 5.91 Å². The Morgan fingerprint density at radius 1 is 1.04 bits per heavy atom. The van der Waals surface area contributed by atoms with Crippen molar-refractivity contribution < 1.29 is 14.3 Å². The molecule has 1 unspecified atom stereocenters. The van der Waals surface area contributed by atoms with Gasteiger partial charge in [-0.3, -0.25) is 4.79 Å². The van der Waals surface area contributed by atoms with Crippen LogP contribution in [0.25, 0.3) is 0 Å². The Kier molecular flexibility index (Phi) is 6.87. The molecule has 0 aliphatic carbocycles. The zero-order valence-electron chi connectivity index (χ0n) is 15.5. The molecule has 0 radical (unpaired) electrons. The molecule has 1 N–H and O–H groups in total. The molecule has 2 rings (SSSR count). The van der Waals surface area contributed by atoms with Crippen LogP contribution < -0.4 is 14.8 Å². The lowest BCUT2D eigenvalue weighted by Gasteiger charge is -2.19. The maximum Gasteiger partial charge on any atom is 0.261 e. The molecule has 4 nitrogen and oxygen atoms in total. The van der Waals surface area contributed by atoms with Crippen molar-refractivity contribution in [2.75, 3.05) is 6.61 Å². The third-order valence-electron chi connectivity index (χ3n) is 4.21. The topological polar surface area (TPSA) is 47.6 Å². The average molecular weight is 341 g/mol. The average Bonchev–Trinajstić information content (AvgIpc) is 2.62. The smallest absolute Gasteiger partial charge is 0.261 e. The Morgan fingerprint density at radius 3 is 2.48 bits per heavy atom. The van der Waals surface area contributed by atoms with E-state index in [1.165, 1.54) is 0 Å². The van der Waals surface area contributed by atoms with Crippen LogP contribution in [-0.2, 0) is 11.3 Å². The van der Waals surface area contributed by atoms with Crippen LogP contribution in [0.2, 0.25) is 0 Å². The van der Waals surface area contributed by atoms with Gasteiger partial charge in [-0.05, 0) is 50.5 Å². The standard InChI is InChI=1S/C21H27NO3/c1-5-18(25-19-13-9-10-15(3)16(19)4)21(23)22-14-17-11-7-8-12-20(17)24-6-2/h7-13,18H,5-6,14H2,1-4H3,(H,22,23). The Hall–Kier alpha value is -2.49. The van der Waals surface area contributed by atoms with Gasteiger partial charge in [0.25, 0.3) is 5.91 Å². The highest BCUT2D eigenvalue weighted by Gasteiger charge is 2.19. The molecule has 0 aliphatic rings. The van der Waals surface area contributed by atoms with Crippen molar-refractivity contribution in [3.63, 3.8) is 0 Å². The van der Waals surface area contributed by atoms with E-state index in [1.54, 1.807) is 0 Å². The lowest BCUT2D eigenvalue weighted by Crippen LogP contribution is -2.37. The van der Waals surface area contributed by atoms with Crippen molar-refractivity contribution in [1.82, 2.24) is 5.32 Å². The van der Waals surface area contributed by atoms with E-state index in [0.29, 0.717) is 19.6 Å². The van der Waals surface area contributed by atoms with Crippen molar-refractivity contribution in [1.29, 1.82) is 0 Å². The van der Waals surface area contributed by atoms with E-state index in [-0.39, 0.29) is 5.91 Å². The van der Waals surface area contributed by atoms with Gasteiger partial charge in [-0.25, -0.2) is 0 Å². The molecule has 25 heavy (non-hydrogen) atoms. The molecule has 4 heteroatoms. The van der Waals surface area contributed by atoms with Gasteiger partial charge in [0.15, 0.2) is 6.10 Å². The number of ether oxygens (including phenoxy) is 2.